The molecule has 0 aliphatic heterocycles. The average molecular weight is 415 g/mol. The summed E-state index contributed by atoms with van der Waals surface area (Å²) in [6.07, 6.45) is 1.33. The third-order valence-electron chi connectivity index (χ3n) is 3.92. The van der Waals surface area contributed by atoms with Gasteiger partial charge in [-0.25, -0.2) is 0 Å². The molecule has 7 N–H and O–H groups in total. The summed E-state index contributed by atoms with van der Waals surface area (Å²) in [6, 6.07) is 4.88. The molecule has 0 bridgehead atoms. The van der Waals surface area contributed by atoms with Crippen LogP contribution in [0.4, 0.5) is 0 Å². The van der Waals surface area contributed by atoms with E-state index < -0.39 is 48.2 Å². The van der Waals surface area contributed by atoms with Gasteiger partial charge in [-0.15, -0.1) is 12.4 Å². The summed E-state index contributed by atoms with van der Waals surface area (Å²) < 4.78 is 0. The zero-order chi connectivity index (χ0) is 20.4. The molecule has 0 aromatic heterocycles. The van der Waals surface area contributed by atoms with Crippen molar-refractivity contribution in [2.45, 2.75) is 50.7 Å². The molecule has 28 heavy (non-hydrogen) atoms. The molecule has 0 saturated heterocycles. The number of carbonyl (C=O) groups is 4. The smallest absolute Gasteiger partial charge is 0.305 e. The molecule has 0 aliphatic carbocycles. The number of carboxylic acids is 1. The van der Waals surface area contributed by atoms with Gasteiger partial charge in [-0.2, -0.15) is 0 Å². The minimum absolute atomic E-state index is 0. The number of halogens is 1. The number of amides is 3. The number of rotatable bonds is 11. The Bertz CT molecular complexity index is 671. The average Bonchev–Trinajstić information content (AvgIpc) is 2.63. The number of carbonyl (C=O) groups excluding carboxylic acids is 3. The standard InChI is InChI=1S/C18H26N4O5.ClH/c1-2-3-9-12(19)17(26)21-13(10-14(23)24)18(27)22-15(16(20)25)11-7-5-4-6-8-11;/h4-8,12-13,15H,2-3,9-10,19H2,1H3,(H2,20,25)(H,21,26)(H,22,27)(H,23,24);1H/t12-,13-,15+;/m0./s1. The molecule has 156 valence electrons. The highest BCUT2D eigenvalue weighted by atomic mass is 35.5. The fourth-order valence-corrected chi connectivity index (χ4v) is 2.42. The third-order valence-corrected chi connectivity index (χ3v) is 3.92. The van der Waals surface area contributed by atoms with Gasteiger partial charge in [-0.1, -0.05) is 50.1 Å². The molecule has 9 nitrogen and oxygen atoms in total. The number of carboxylic acid groups (broad SMARTS) is 1. The van der Waals surface area contributed by atoms with E-state index in [4.69, 9.17) is 16.6 Å². The Morgan fingerprint density at radius 2 is 1.68 bits per heavy atom. The molecule has 0 fully saturated rings. The van der Waals surface area contributed by atoms with Crippen LogP contribution >= 0.6 is 12.4 Å². The van der Waals surface area contributed by atoms with Crippen molar-refractivity contribution in [3.8, 4) is 0 Å². The van der Waals surface area contributed by atoms with E-state index in [1.165, 1.54) is 0 Å². The maximum atomic E-state index is 12.5. The van der Waals surface area contributed by atoms with Crippen molar-refractivity contribution in [2.24, 2.45) is 11.5 Å². The Labute approximate surface area is 169 Å². The van der Waals surface area contributed by atoms with E-state index in [2.05, 4.69) is 10.6 Å². The molecule has 0 aliphatic rings. The Balaban J connectivity index is 0.00000729. The van der Waals surface area contributed by atoms with Crippen LogP contribution in [0, 0.1) is 0 Å². The van der Waals surface area contributed by atoms with E-state index in [0.717, 1.165) is 12.8 Å². The molecule has 0 unspecified atom stereocenters. The summed E-state index contributed by atoms with van der Waals surface area (Å²) in [5, 5.41) is 13.8. The van der Waals surface area contributed by atoms with Gasteiger partial charge in [0, 0.05) is 0 Å². The molecular weight excluding hydrogens is 388 g/mol. The van der Waals surface area contributed by atoms with Crippen LogP contribution in [0.3, 0.4) is 0 Å². The van der Waals surface area contributed by atoms with Crippen LogP contribution in [-0.4, -0.2) is 40.9 Å². The second kappa shape index (κ2) is 12.7. The lowest BCUT2D eigenvalue weighted by Crippen LogP contribution is -2.53. The number of nitrogens with one attached hydrogen (secondary N) is 2. The van der Waals surface area contributed by atoms with E-state index in [1.54, 1.807) is 30.3 Å². The highest BCUT2D eigenvalue weighted by Gasteiger charge is 2.29. The lowest BCUT2D eigenvalue weighted by Gasteiger charge is -2.22. The predicted octanol–water partition coefficient (Wildman–Crippen LogP) is 0.228. The maximum Gasteiger partial charge on any atom is 0.305 e. The van der Waals surface area contributed by atoms with Crippen molar-refractivity contribution < 1.29 is 24.3 Å². The van der Waals surface area contributed by atoms with Gasteiger partial charge in [-0.3, -0.25) is 19.2 Å². The normalized spacial score (nSPS) is 13.4. The number of hydrogen-bond acceptors (Lipinski definition) is 5. The van der Waals surface area contributed by atoms with Gasteiger partial charge in [0.05, 0.1) is 12.5 Å². The lowest BCUT2D eigenvalue weighted by atomic mass is 10.0. The number of benzene rings is 1. The van der Waals surface area contributed by atoms with Crippen LogP contribution in [0.5, 0.6) is 0 Å². The molecular formula is C18H27ClN4O5. The zero-order valence-corrected chi connectivity index (χ0v) is 16.4. The summed E-state index contributed by atoms with van der Waals surface area (Å²) >= 11 is 0. The fourth-order valence-electron chi connectivity index (χ4n) is 2.42. The minimum Gasteiger partial charge on any atom is -0.481 e. The molecule has 1 rings (SSSR count). The van der Waals surface area contributed by atoms with Gasteiger partial charge in [0.25, 0.3) is 0 Å². The molecule has 0 heterocycles. The highest BCUT2D eigenvalue weighted by molar-refractivity contribution is 5.94. The second-order valence-corrected chi connectivity index (χ2v) is 6.16. The monoisotopic (exact) mass is 414 g/mol. The quantitative estimate of drug-likeness (QED) is 0.347. The van der Waals surface area contributed by atoms with Crippen molar-refractivity contribution in [1.82, 2.24) is 10.6 Å². The Morgan fingerprint density at radius 3 is 2.18 bits per heavy atom. The van der Waals surface area contributed by atoms with Crippen molar-refractivity contribution in [2.75, 3.05) is 0 Å². The number of unbranched alkanes of at least 4 members (excludes halogenated alkanes) is 1. The van der Waals surface area contributed by atoms with Gasteiger partial charge in [0.15, 0.2) is 0 Å². The minimum atomic E-state index is -1.38. The molecule has 0 saturated carbocycles. The molecule has 1 aromatic carbocycles. The van der Waals surface area contributed by atoms with Gasteiger partial charge in [0.2, 0.25) is 17.7 Å². The predicted molar refractivity (Wildman–Crippen MR) is 105 cm³/mol. The molecule has 3 amide bonds. The highest BCUT2D eigenvalue weighted by Crippen LogP contribution is 2.12. The first kappa shape index (κ1) is 25.4. The Morgan fingerprint density at radius 1 is 1.07 bits per heavy atom. The molecule has 3 atom stereocenters. The Kier molecular flexibility index (Phi) is 11.5. The van der Waals surface area contributed by atoms with Gasteiger partial charge >= 0.3 is 5.97 Å². The summed E-state index contributed by atoms with van der Waals surface area (Å²) in [6.45, 7) is 1.94. The second-order valence-electron chi connectivity index (χ2n) is 6.16. The molecule has 0 radical (unpaired) electrons. The third kappa shape index (κ3) is 8.36. The van der Waals surface area contributed by atoms with E-state index >= 15 is 0 Å². The van der Waals surface area contributed by atoms with Crippen molar-refractivity contribution in [3.05, 3.63) is 35.9 Å². The first-order chi connectivity index (χ1) is 12.8. The van der Waals surface area contributed by atoms with Crippen LogP contribution in [0.2, 0.25) is 0 Å². The van der Waals surface area contributed by atoms with E-state index in [9.17, 15) is 19.2 Å². The SMILES string of the molecule is CCCC[C@H](N)C(=O)N[C@@H](CC(=O)O)C(=O)N[C@@H](C(N)=O)c1ccccc1.Cl. The number of primary amides is 1. The van der Waals surface area contributed by atoms with Crippen LogP contribution in [-0.2, 0) is 19.2 Å². The summed E-state index contributed by atoms with van der Waals surface area (Å²) in [5.41, 5.74) is 11.5. The van der Waals surface area contributed by atoms with E-state index in [-0.39, 0.29) is 12.4 Å². The fraction of sp³-hybridized carbons (Fsp3) is 0.444. The van der Waals surface area contributed by atoms with Crippen LogP contribution < -0.4 is 22.1 Å². The van der Waals surface area contributed by atoms with Gasteiger partial charge < -0.3 is 27.2 Å². The zero-order valence-electron chi connectivity index (χ0n) is 15.6. The number of aliphatic carboxylic acids is 1. The number of hydrogen-bond donors (Lipinski definition) is 5. The summed E-state index contributed by atoms with van der Waals surface area (Å²) in [7, 11) is 0. The van der Waals surface area contributed by atoms with E-state index in [0.29, 0.717) is 12.0 Å². The molecule has 0 spiro atoms. The topological polar surface area (TPSA) is 165 Å². The van der Waals surface area contributed by atoms with Gasteiger partial charge in [0.1, 0.15) is 12.1 Å². The number of nitrogens with two attached hydrogens (primary N) is 2. The maximum absolute atomic E-state index is 12.5. The van der Waals surface area contributed by atoms with Crippen molar-refractivity contribution in [1.29, 1.82) is 0 Å². The first-order valence-electron chi connectivity index (χ1n) is 8.68. The Hall–Kier alpha value is -2.65. The van der Waals surface area contributed by atoms with E-state index in [1.807, 2.05) is 6.92 Å². The van der Waals surface area contributed by atoms with Crippen molar-refractivity contribution >= 4 is 36.1 Å². The summed E-state index contributed by atoms with van der Waals surface area (Å²) in [5.74, 6) is -3.55. The van der Waals surface area contributed by atoms with Crippen LogP contribution in [0.15, 0.2) is 30.3 Å². The van der Waals surface area contributed by atoms with Crippen LogP contribution in [0.1, 0.15) is 44.2 Å². The van der Waals surface area contributed by atoms with Gasteiger partial charge in [-0.05, 0) is 12.0 Å². The largest absolute Gasteiger partial charge is 0.481 e. The van der Waals surface area contributed by atoms with Crippen LogP contribution in [0.25, 0.3) is 0 Å². The van der Waals surface area contributed by atoms with Crippen molar-refractivity contribution in [3.63, 3.8) is 0 Å². The first-order valence-corrected chi connectivity index (χ1v) is 8.68. The summed E-state index contributed by atoms with van der Waals surface area (Å²) in [4.78, 5) is 47.4. The lowest BCUT2D eigenvalue weighted by molar-refractivity contribution is -0.141. The molecule has 1 aromatic rings. The molecule has 10 heteroatoms.